The van der Waals surface area contributed by atoms with E-state index >= 15 is 0 Å². The van der Waals surface area contributed by atoms with Crippen LogP contribution in [0.2, 0.25) is 0 Å². The number of carbonyl (C=O) groups excluding carboxylic acids is 1. The lowest BCUT2D eigenvalue weighted by molar-refractivity contribution is -0.131. The van der Waals surface area contributed by atoms with Crippen LogP contribution in [0.25, 0.3) is 21.3 Å². The predicted octanol–water partition coefficient (Wildman–Crippen LogP) is 4.85. The van der Waals surface area contributed by atoms with Crippen LogP contribution in [0.3, 0.4) is 0 Å². The number of rotatable bonds is 5. The summed E-state index contributed by atoms with van der Waals surface area (Å²) in [6, 6.07) is 17.6. The van der Waals surface area contributed by atoms with Crippen LogP contribution in [0, 0.1) is 6.92 Å². The van der Waals surface area contributed by atoms with Gasteiger partial charge >= 0.3 is 0 Å². The average Bonchev–Trinajstić information content (AvgIpc) is 3.09. The summed E-state index contributed by atoms with van der Waals surface area (Å²) in [7, 11) is 1.74. The normalized spacial score (nSPS) is 11.0. The van der Waals surface area contributed by atoms with E-state index in [1.165, 1.54) is 22.2 Å². The number of carbonyl (C=O) groups is 1. The molecular formula is C23H20BrN3O2S. The van der Waals surface area contributed by atoms with Crippen LogP contribution in [0.15, 0.2) is 70.2 Å². The Morgan fingerprint density at radius 1 is 1.13 bits per heavy atom. The van der Waals surface area contributed by atoms with Gasteiger partial charge in [-0.15, -0.1) is 11.3 Å². The van der Waals surface area contributed by atoms with Gasteiger partial charge in [0, 0.05) is 28.5 Å². The summed E-state index contributed by atoms with van der Waals surface area (Å²) in [5.41, 5.74) is 2.70. The number of benzene rings is 2. The third kappa shape index (κ3) is 3.95. The zero-order valence-corrected chi connectivity index (χ0v) is 19.0. The van der Waals surface area contributed by atoms with Gasteiger partial charge in [0.05, 0.1) is 11.7 Å². The number of likely N-dealkylation sites (N-methyl/N-ethyl adjacent to an activating group) is 1. The van der Waals surface area contributed by atoms with E-state index in [0.29, 0.717) is 16.8 Å². The van der Waals surface area contributed by atoms with Crippen molar-refractivity contribution in [1.82, 2.24) is 14.5 Å². The van der Waals surface area contributed by atoms with Gasteiger partial charge in [-0.1, -0.05) is 64.5 Å². The fourth-order valence-corrected chi connectivity index (χ4v) is 4.85. The van der Waals surface area contributed by atoms with Crippen LogP contribution < -0.4 is 5.56 Å². The zero-order valence-electron chi connectivity index (χ0n) is 16.6. The van der Waals surface area contributed by atoms with E-state index in [-0.39, 0.29) is 18.0 Å². The van der Waals surface area contributed by atoms with Crippen molar-refractivity contribution in [2.75, 3.05) is 7.05 Å². The Bertz CT molecular complexity index is 1280. The molecule has 7 heteroatoms. The maximum absolute atomic E-state index is 13.3. The second-order valence-electron chi connectivity index (χ2n) is 7.10. The molecule has 0 spiro atoms. The van der Waals surface area contributed by atoms with Gasteiger partial charge in [-0.05, 0) is 24.1 Å². The molecule has 5 nitrogen and oxygen atoms in total. The summed E-state index contributed by atoms with van der Waals surface area (Å²) in [6.45, 7) is 2.40. The van der Waals surface area contributed by atoms with Crippen LogP contribution in [0.4, 0.5) is 0 Å². The van der Waals surface area contributed by atoms with Crippen LogP contribution in [0.5, 0.6) is 0 Å². The zero-order chi connectivity index (χ0) is 21.3. The molecule has 0 aliphatic heterocycles. The van der Waals surface area contributed by atoms with E-state index in [1.807, 2.05) is 61.5 Å². The third-order valence-electron chi connectivity index (χ3n) is 5.01. The molecule has 2 aromatic heterocycles. The number of halogens is 1. The molecule has 1 amide bonds. The van der Waals surface area contributed by atoms with Crippen molar-refractivity contribution in [2.45, 2.75) is 20.0 Å². The summed E-state index contributed by atoms with van der Waals surface area (Å²) < 4.78 is 2.35. The fourth-order valence-electron chi connectivity index (χ4n) is 3.44. The van der Waals surface area contributed by atoms with Gasteiger partial charge in [-0.2, -0.15) is 0 Å². The molecule has 152 valence electrons. The van der Waals surface area contributed by atoms with Gasteiger partial charge in [0.25, 0.3) is 5.56 Å². The van der Waals surface area contributed by atoms with Crippen molar-refractivity contribution < 1.29 is 4.79 Å². The first kappa shape index (κ1) is 20.5. The van der Waals surface area contributed by atoms with Crippen molar-refractivity contribution in [2.24, 2.45) is 0 Å². The standard InChI is InChI=1S/C23H20BrN3O2S/c1-15-20(16-8-4-3-5-9-16)21-22(30-15)25-14-27(23(21)29)13-19(28)26(2)12-17-10-6-7-11-18(17)24/h3-11,14H,12-13H2,1-2H3. The maximum atomic E-state index is 13.3. The number of nitrogens with zero attached hydrogens (tertiary/aromatic N) is 3. The van der Waals surface area contributed by atoms with E-state index in [2.05, 4.69) is 20.9 Å². The lowest BCUT2D eigenvalue weighted by Crippen LogP contribution is -2.33. The molecular weight excluding hydrogens is 462 g/mol. The van der Waals surface area contributed by atoms with Crippen molar-refractivity contribution in [3.63, 3.8) is 0 Å². The highest BCUT2D eigenvalue weighted by molar-refractivity contribution is 9.10. The largest absolute Gasteiger partial charge is 0.340 e. The minimum Gasteiger partial charge on any atom is -0.340 e. The smallest absolute Gasteiger partial charge is 0.263 e. The van der Waals surface area contributed by atoms with Crippen molar-refractivity contribution in [3.8, 4) is 11.1 Å². The maximum Gasteiger partial charge on any atom is 0.263 e. The number of hydrogen-bond donors (Lipinski definition) is 0. The summed E-state index contributed by atoms with van der Waals surface area (Å²) in [4.78, 5) is 33.9. The van der Waals surface area contributed by atoms with Gasteiger partial charge in [0.1, 0.15) is 11.4 Å². The molecule has 2 aromatic carbocycles. The molecule has 0 radical (unpaired) electrons. The van der Waals surface area contributed by atoms with Crippen LogP contribution in [-0.2, 0) is 17.9 Å². The van der Waals surface area contributed by atoms with Crippen molar-refractivity contribution >= 4 is 43.4 Å². The second kappa shape index (κ2) is 8.53. The Morgan fingerprint density at radius 2 is 1.83 bits per heavy atom. The highest BCUT2D eigenvalue weighted by atomic mass is 79.9. The number of thiophene rings is 1. The molecule has 0 bridgehead atoms. The molecule has 4 rings (SSSR count). The molecule has 0 fully saturated rings. The fraction of sp³-hybridized carbons (Fsp3) is 0.174. The first-order chi connectivity index (χ1) is 14.5. The first-order valence-corrected chi connectivity index (χ1v) is 11.1. The quantitative estimate of drug-likeness (QED) is 0.409. The van der Waals surface area contributed by atoms with Crippen LogP contribution in [0.1, 0.15) is 10.4 Å². The van der Waals surface area contributed by atoms with Gasteiger partial charge < -0.3 is 4.90 Å². The van der Waals surface area contributed by atoms with Gasteiger partial charge in [-0.25, -0.2) is 4.98 Å². The Hall–Kier alpha value is -2.77. The van der Waals surface area contributed by atoms with E-state index in [0.717, 1.165) is 26.0 Å². The summed E-state index contributed by atoms with van der Waals surface area (Å²) in [5, 5.41) is 0.576. The minimum atomic E-state index is -0.189. The number of amides is 1. The molecule has 0 N–H and O–H groups in total. The predicted molar refractivity (Wildman–Crippen MR) is 125 cm³/mol. The first-order valence-electron chi connectivity index (χ1n) is 9.47. The molecule has 0 aliphatic carbocycles. The molecule has 0 atom stereocenters. The molecule has 4 aromatic rings. The Kier molecular flexibility index (Phi) is 5.83. The molecule has 30 heavy (non-hydrogen) atoms. The van der Waals surface area contributed by atoms with E-state index in [1.54, 1.807) is 11.9 Å². The highest BCUT2D eigenvalue weighted by Crippen LogP contribution is 2.35. The monoisotopic (exact) mass is 481 g/mol. The number of aromatic nitrogens is 2. The average molecular weight is 482 g/mol. The van der Waals surface area contributed by atoms with Gasteiger partial charge in [-0.3, -0.25) is 14.2 Å². The van der Waals surface area contributed by atoms with Crippen molar-refractivity contribution in [1.29, 1.82) is 0 Å². The number of aryl methyl sites for hydroxylation is 1. The SMILES string of the molecule is Cc1sc2ncn(CC(=O)N(C)Cc3ccccc3Br)c(=O)c2c1-c1ccccc1. The topological polar surface area (TPSA) is 55.2 Å². The van der Waals surface area contributed by atoms with Crippen LogP contribution >= 0.6 is 27.3 Å². The van der Waals surface area contributed by atoms with E-state index in [4.69, 9.17) is 0 Å². The molecule has 0 saturated heterocycles. The lowest BCUT2D eigenvalue weighted by Gasteiger charge is -2.18. The highest BCUT2D eigenvalue weighted by Gasteiger charge is 2.19. The second-order valence-corrected chi connectivity index (χ2v) is 9.16. The van der Waals surface area contributed by atoms with E-state index < -0.39 is 0 Å². The van der Waals surface area contributed by atoms with Gasteiger partial charge in [0.15, 0.2) is 0 Å². The number of hydrogen-bond acceptors (Lipinski definition) is 4. The Labute approximate surface area is 186 Å². The third-order valence-corrected chi connectivity index (χ3v) is 6.80. The summed E-state index contributed by atoms with van der Waals surface area (Å²) >= 11 is 5.01. The molecule has 0 unspecified atom stereocenters. The van der Waals surface area contributed by atoms with E-state index in [9.17, 15) is 9.59 Å². The summed E-state index contributed by atoms with van der Waals surface area (Å²) in [6.07, 6.45) is 1.47. The molecule has 0 saturated carbocycles. The van der Waals surface area contributed by atoms with Gasteiger partial charge in [0.2, 0.25) is 5.91 Å². The molecule has 0 aliphatic rings. The molecule has 2 heterocycles. The Balaban J connectivity index is 1.65. The minimum absolute atomic E-state index is 0.0498. The number of fused-ring (bicyclic) bond motifs is 1. The summed E-state index contributed by atoms with van der Waals surface area (Å²) in [5.74, 6) is -0.151. The Morgan fingerprint density at radius 3 is 2.57 bits per heavy atom. The lowest BCUT2D eigenvalue weighted by atomic mass is 10.0. The van der Waals surface area contributed by atoms with Crippen molar-refractivity contribution in [3.05, 3.63) is 86.2 Å². The van der Waals surface area contributed by atoms with Crippen LogP contribution in [-0.4, -0.2) is 27.4 Å².